The van der Waals surface area contributed by atoms with Crippen molar-refractivity contribution in [3.63, 3.8) is 0 Å². The Bertz CT molecular complexity index is 870. The van der Waals surface area contributed by atoms with Crippen molar-refractivity contribution in [3.8, 4) is 11.5 Å². The van der Waals surface area contributed by atoms with Gasteiger partial charge in [-0.25, -0.2) is 4.98 Å². The van der Waals surface area contributed by atoms with Gasteiger partial charge in [-0.05, 0) is 24.3 Å². The summed E-state index contributed by atoms with van der Waals surface area (Å²) >= 11 is 7.51. The number of nitrogens with one attached hydrogen (secondary N) is 2. The number of anilines is 1. The van der Waals surface area contributed by atoms with E-state index < -0.39 is 0 Å². The van der Waals surface area contributed by atoms with E-state index >= 15 is 0 Å². The van der Waals surface area contributed by atoms with Gasteiger partial charge in [0.2, 0.25) is 11.0 Å². The monoisotopic (exact) mass is 377 g/mol. The lowest BCUT2D eigenvalue weighted by molar-refractivity contribution is -0.121. The molecular formula is C17H16ClN3O3S. The predicted molar refractivity (Wildman–Crippen MR) is 99.5 cm³/mol. The molecule has 3 aromatic rings. The Labute approximate surface area is 153 Å². The molecule has 0 saturated carbocycles. The second kappa shape index (κ2) is 8.04. The first-order valence-corrected chi connectivity index (χ1v) is 8.72. The smallest absolute Gasteiger partial charge is 0.241 e. The fourth-order valence-electron chi connectivity index (χ4n) is 2.13. The highest BCUT2D eigenvalue weighted by Crippen LogP contribution is 2.36. The molecule has 0 aliphatic rings. The molecular weight excluding hydrogens is 362 g/mol. The topological polar surface area (TPSA) is 72.5 Å². The number of halogens is 1. The molecule has 0 spiro atoms. The van der Waals surface area contributed by atoms with Crippen LogP contribution in [0, 0.1) is 0 Å². The molecule has 0 unspecified atom stereocenters. The van der Waals surface area contributed by atoms with Gasteiger partial charge in [-0.15, -0.1) is 0 Å². The number of fused-ring (bicyclic) bond motifs is 1. The van der Waals surface area contributed by atoms with Gasteiger partial charge in [-0.3, -0.25) is 15.6 Å². The van der Waals surface area contributed by atoms with Crippen molar-refractivity contribution in [1.82, 2.24) is 10.4 Å². The van der Waals surface area contributed by atoms with Crippen LogP contribution in [0.3, 0.4) is 0 Å². The maximum Gasteiger partial charge on any atom is 0.241 e. The normalized spacial score (nSPS) is 10.5. The average molecular weight is 378 g/mol. The Morgan fingerprint density at radius 3 is 2.80 bits per heavy atom. The number of thiazole rings is 1. The van der Waals surface area contributed by atoms with Crippen LogP contribution in [-0.4, -0.2) is 24.6 Å². The minimum Gasteiger partial charge on any atom is -0.494 e. The van der Waals surface area contributed by atoms with Crippen molar-refractivity contribution in [3.05, 3.63) is 47.5 Å². The van der Waals surface area contributed by atoms with E-state index in [0.717, 1.165) is 10.4 Å². The lowest BCUT2D eigenvalue weighted by Gasteiger charge is -2.07. The lowest BCUT2D eigenvalue weighted by atomic mass is 10.3. The van der Waals surface area contributed by atoms with Gasteiger partial charge in [-0.2, -0.15) is 0 Å². The molecule has 2 aromatic carbocycles. The average Bonchev–Trinajstić information content (AvgIpc) is 3.06. The number of rotatable bonds is 7. The number of methoxy groups -OCH3 is 1. The third-order valence-electron chi connectivity index (χ3n) is 3.33. The number of carbonyl (C=O) groups excluding carboxylic acids is 1. The summed E-state index contributed by atoms with van der Waals surface area (Å²) in [6.45, 7) is 0.289. The van der Waals surface area contributed by atoms with E-state index in [0.29, 0.717) is 21.4 Å². The fourth-order valence-corrected chi connectivity index (χ4v) is 3.24. The van der Waals surface area contributed by atoms with Gasteiger partial charge in [0.1, 0.15) is 17.0 Å². The summed E-state index contributed by atoms with van der Waals surface area (Å²) in [6.07, 6.45) is 0.219. The molecule has 0 bridgehead atoms. The number of ether oxygens (including phenoxy) is 2. The molecule has 0 saturated heterocycles. The number of hydrogen-bond acceptors (Lipinski definition) is 6. The van der Waals surface area contributed by atoms with Crippen LogP contribution in [0.2, 0.25) is 5.02 Å². The van der Waals surface area contributed by atoms with Crippen LogP contribution in [0.25, 0.3) is 10.2 Å². The van der Waals surface area contributed by atoms with Crippen LogP contribution in [0.4, 0.5) is 5.13 Å². The Morgan fingerprint density at radius 2 is 2.04 bits per heavy atom. The summed E-state index contributed by atoms with van der Waals surface area (Å²) in [5.74, 6) is 1.16. The van der Waals surface area contributed by atoms with Crippen molar-refractivity contribution < 1.29 is 14.3 Å². The van der Waals surface area contributed by atoms with Crippen LogP contribution in [0.5, 0.6) is 11.5 Å². The standard InChI is InChI=1S/C17H16ClN3O3S/c1-23-13-8-7-12(18)16-15(13)19-17(25-16)21-20-14(22)9-10-24-11-5-3-2-4-6-11/h2-8H,9-10H2,1H3,(H,19,21)(H,20,22). The zero-order valence-corrected chi connectivity index (χ0v) is 15.0. The Kier molecular flexibility index (Phi) is 5.57. The second-order valence-electron chi connectivity index (χ2n) is 5.03. The van der Waals surface area contributed by atoms with Crippen LogP contribution < -0.4 is 20.3 Å². The first-order valence-electron chi connectivity index (χ1n) is 7.53. The molecule has 2 N–H and O–H groups in total. The molecule has 1 heterocycles. The van der Waals surface area contributed by atoms with Crippen molar-refractivity contribution >= 4 is 44.2 Å². The Morgan fingerprint density at radius 1 is 1.24 bits per heavy atom. The molecule has 8 heteroatoms. The molecule has 0 aliphatic heterocycles. The maximum atomic E-state index is 11.9. The highest BCUT2D eigenvalue weighted by molar-refractivity contribution is 7.22. The van der Waals surface area contributed by atoms with Crippen molar-refractivity contribution in [1.29, 1.82) is 0 Å². The first-order chi connectivity index (χ1) is 12.2. The molecule has 0 aliphatic carbocycles. The summed E-state index contributed by atoms with van der Waals surface area (Å²) in [7, 11) is 1.57. The number of amides is 1. The Hall–Kier alpha value is -2.51. The minimum absolute atomic E-state index is 0.201. The lowest BCUT2D eigenvalue weighted by Crippen LogP contribution is -2.30. The van der Waals surface area contributed by atoms with Crippen LogP contribution in [0.15, 0.2) is 42.5 Å². The molecule has 3 rings (SSSR count). The van der Waals surface area contributed by atoms with Gasteiger partial charge in [-0.1, -0.05) is 41.1 Å². The highest BCUT2D eigenvalue weighted by Gasteiger charge is 2.12. The van der Waals surface area contributed by atoms with Crippen LogP contribution in [0.1, 0.15) is 6.42 Å². The number of para-hydroxylation sites is 1. The molecule has 130 valence electrons. The highest BCUT2D eigenvalue weighted by atomic mass is 35.5. The van der Waals surface area contributed by atoms with Gasteiger partial charge in [0.05, 0.1) is 29.9 Å². The zero-order chi connectivity index (χ0) is 17.6. The molecule has 1 aromatic heterocycles. The minimum atomic E-state index is -0.201. The number of benzene rings is 2. The third kappa shape index (κ3) is 4.32. The number of carbonyl (C=O) groups is 1. The van der Waals surface area contributed by atoms with E-state index in [2.05, 4.69) is 15.8 Å². The Balaban J connectivity index is 1.53. The van der Waals surface area contributed by atoms with Crippen LogP contribution in [-0.2, 0) is 4.79 Å². The van der Waals surface area contributed by atoms with Crippen LogP contribution >= 0.6 is 22.9 Å². The number of aromatic nitrogens is 1. The van der Waals surface area contributed by atoms with E-state index in [-0.39, 0.29) is 18.9 Å². The fraction of sp³-hybridized carbons (Fsp3) is 0.176. The number of hydrazine groups is 1. The molecule has 1 amide bonds. The molecule has 0 radical (unpaired) electrons. The molecule has 0 fully saturated rings. The number of hydrogen-bond donors (Lipinski definition) is 2. The second-order valence-corrected chi connectivity index (χ2v) is 6.44. The van der Waals surface area contributed by atoms with E-state index in [1.807, 2.05) is 30.3 Å². The van der Waals surface area contributed by atoms with Gasteiger partial charge >= 0.3 is 0 Å². The summed E-state index contributed by atoms with van der Waals surface area (Å²) in [6, 6.07) is 12.9. The largest absolute Gasteiger partial charge is 0.494 e. The van der Waals surface area contributed by atoms with E-state index in [1.54, 1.807) is 19.2 Å². The summed E-state index contributed by atoms with van der Waals surface area (Å²) < 4.78 is 11.6. The van der Waals surface area contributed by atoms with E-state index in [1.165, 1.54) is 11.3 Å². The van der Waals surface area contributed by atoms with Gasteiger partial charge in [0, 0.05) is 0 Å². The van der Waals surface area contributed by atoms with Gasteiger partial charge in [0.25, 0.3) is 0 Å². The maximum absolute atomic E-state index is 11.9. The summed E-state index contributed by atoms with van der Waals surface area (Å²) in [5.41, 5.74) is 6.05. The van der Waals surface area contributed by atoms with E-state index in [4.69, 9.17) is 21.1 Å². The van der Waals surface area contributed by atoms with E-state index in [9.17, 15) is 4.79 Å². The first kappa shape index (κ1) is 17.3. The van der Waals surface area contributed by atoms with Crippen molar-refractivity contribution in [2.45, 2.75) is 6.42 Å². The molecule has 25 heavy (non-hydrogen) atoms. The van der Waals surface area contributed by atoms with Gasteiger partial charge < -0.3 is 9.47 Å². The zero-order valence-electron chi connectivity index (χ0n) is 13.4. The molecule has 0 atom stereocenters. The van der Waals surface area contributed by atoms with Gasteiger partial charge in [0.15, 0.2) is 0 Å². The SMILES string of the molecule is COc1ccc(Cl)c2sc(NNC(=O)CCOc3ccccc3)nc12. The molecule has 6 nitrogen and oxygen atoms in total. The van der Waals surface area contributed by atoms with Crippen molar-refractivity contribution in [2.24, 2.45) is 0 Å². The predicted octanol–water partition coefficient (Wildman–Crippen LogP) is 3.87. The third-order valence-corrected chi connectivity index (χ3v) is 4.76. The summed E-state index contributed by atoms with van der Waals surface area (Å²) in [4.78, 5) is 16.3. The summed E-state index contributed by atoms with van der Waals surface area (Å²) in [5, 5.41) is 1.11. The number of nitrogens with zero attached hydrogens (tertiary/aromatic N) is 1. The van der Waals surface area contributed by atoms with Crippen molar-refractivity contribution in [2.75, 3.05) is 19.1 Å². The quantitative estimate of drug-likeness (QED) is 0.611.